The van der Waals surface area contributed by atoms with Gasteiger partial charge < -0.3 is 15.0 Å². The van der Waals surface area contributed by atoms with Gasteiger partial charge in [-0.2, -0.15) is 0 Å². The monoisotopic (exact) mass is 350 g/mol. The van der Waals surface area contributed by atoms with Crippen molar-refractivity contribution in [3.63, 3.8) is 0 Å². The summed E-state index contributed by atoms with van der Waals surface area (Å²) in [5.41, 5.74) is 5.20. The van der Waals surface area contributed by atoms with Crippen LogP contribution in [-0.2, 0) is 4.79 Å². The fourth-order valence-corrected chi connectivity index (χ4v) is 3.21. The molecule has 0 radical (unpaired) electrons. The van der Waals surface area contributed by atoms with Crippen molar-refractivity contribution in [2.24, 2.45) is 0 Å². The summed E-state index contributed by atoms with van der Waals surface area (Å²) in [6, 6.07) is 10.0. The summed E-state index contributed by atoms with van der Waals surface area (Å²) >= 11 is 0. The lowest BCUT2D eigenvalue weighted by Gasteiger charge is -2.15. The lowest BCUT2D eigenvalue weighted by molar-refractivity contribution is -0.115. The number of anilines is 1. The lowest BCUT2D eigenvalue weighted by Crippen LogP contribution is -2.09. The van der Waals surface area contributed by atoms with Crippen molar-refractivity contribution in [2.45, 2.75) is 47.0 Å². The maximum absolute atomic E-state index is 11.6. The fraction of sp³-hybridized carbons (Fsp3) is 0.318. The Kier molecular flexibility index (Phi) is 5.03. The molecule has 0 atom stereocenters. The number of H-pyrrole nitrogens is 1. The molecule has 0 fully saturated rings. The van der Waals surface area contributed by atoms with E-state index in [-0.39, 0.29) is 5.91 Å². The van der Waals surface area contributed by atoms with Crippen LogP contribution in [0.5, 0.6) is 11.5 Å². The Hall–Kier alpha value is -2.75. The standard InChI is InChI=1S/C22H26N2O2/c1-6-21(25)24-16-9-14(4)22(15(5)10-16)26-17-7-8-20-18(11-17)19(12-23-20)13(2)3/h7-13,23H,6H2,1-5H3,(H,24,25). The van der Waals surface area contributed by atoms with Crippen molar-refractivity contribution in [1.82, 2.24) is 4.98 Å². The summed E-state index contributed by atoms with van der Waals surface area (Å²) in [7, 11) is 0. The summed E-state index contributed by atoms with van der Waals surface area (Å²) in [4.78, 5) is 14.9. The summed E-state index contributed by atoms with van der Waals surface area (Å²) < 4.78 is 6.21. The molecule has 0 unspecified atom stereocenters. The van der Waals surface area contributed by atoms with Crippen molar-refractivity contribution >= 4 is 22.5 Å². The number of benzene rings is 2. The third-order valence-electron chi connectivity index (χ3n) is 4.59. The van der Waals surface area contributed by atoms with Crippen LogP contribution in [0.4, 0.5) is 5.69 Å². The van der Waals surface area contributed by atoms with E-state index < -0.39 is 0 Å². The van der Waals surface area contributed by atoms with Gasteiger partial charge in [-0.15, -0.1) is 0 Å². The number of nitrogens with one attached hydrogen (secondary N) is 2. The van der Waals surface area contributed by atoms with Gasteiger partial charge in [0.05, 0.1) is 0 Å². The Balaban J connectivity index is 1.92. The van der Waals surface area contributed by atoms with Crippen molar-refractivity contribution in [2.75, 3.05) is 5.32 Å². The van der Waals surface area contributed by atoms with Crippen LogP contribution in [0.25, 0.3) is 10.9 Å². The number of fused-ring (bicyclic) bond motifs is 1. The molecular weight excluding hydrogens is 324 g/mol. The first-order valence-electron chi connectivity index (χ1n) is 9.09. The number of ether oxygens (including phenoxy) is 1. The molecule has 0 spiro atoms. The number of aryl methyl sites for hydroxylation is 2. The Morgan fingerprint density at radius 3 is 2.46 bits per heavy atom. The molecule has 0 aliphatic heterocycles. The second-order valence-corrected chi connectivity index (χ2v) is 7.05. The number of aromatic nitrogens is 1. The topological polar surface area (TPSA) is 54.1 Å². The van der Waals surface area contributed by atoms with Crippen LogP contribution in [-0.4, -0.2) is 10.9 Å². The second-order valence-electron chi connectivity index (χ2n) is 7.05. The lowest BCUT2D eigenvalue weighted by atomic mass is 10.0. The summed E-state index contributed by atoms with van der Waals surface area (Å²) in [5.74, 6) is 2.11. The van der Waals surface area contributed by atoms with Crippen molar-refractivity contribution in [3.05, 3.63) is 53.2 Å². The predicted octanol–water partition coefficient (Wildman–Crippen LogP) is 6.05. The molecule has 1 aromatic heterocycles. The first-order valence-corrected chi connectivity index (χ1v) is 9.09. The van der Waals surface area contributed by atoms with Gasteiger partial charge in [0.25, 0.3) is 0 Å². The van der Waals surface area contributed by atoms with Crippen LogP contribution >= 0.6 is 0 Å². The highest BCUT2D eigenvalue weighted by Gasteiger charge is 2.12. The second kappa shape index (κ2) is 7.24. The minimum absolute atomic E-state index is 0.0107. The molecule has 3 aromatic rings. The van der Waals surface area contributed by atoms with E-state index in [0.29, 0.717) is 12.3 Å². The van der Waals surface area contributed by atoms with E-state index in [0.717, 1.165) is 33.8 Å². The predicted molar refractivity (Wildman–Crippen MR) is 107 cm³/mol. The zero-order valence-corrected chi connectivity index (χ0v) is 16.1. The highest BCUT2D eigenvalue weighted by molar-refractivity contribution is 5.91. The zero-order chi connectivity index (χ0) is 18.8. The van der Waals surface area contributed by atoms with Gasteiger partial charge in [0, 0.05) is 29.2 Å². The van der Waals surface area contributed by atoms with Gasteiger partial charge in [0.2, 0.25) is 5.91 Å². The Labute approximate surface area is 154 Å². The van der Waals surface area contributed by atoms with Crippen molar-refractivity contribution < 1.29 is 9.53 Å². The van der Waals surface area contributed by atoms with Gasteiger partial charge in [-0.25, -0.2) is 0 Å². The Morgan fingerprint density at radius 1 is 1.15 bits per heavy atom. The van der Waals surface area contributed by atoms with E-state index in [1.54, 1.807) is 0 Å². The van der Waals surface area contributed by atoms with E-state index in [9.17, 15) is 4.79 Å². The molecule has 0 aliphatic carbocycles. The number of amides is 1. The molecule has 2 N–H and O–H groups in total. The van der Waals surface area contributed by atoms with E-state index in [1.807, 2.05) is 39.0 Å². The largest absolute Gasteiger partial charge is 0.457 e. The number of hydrogen-bond donors (Lipinski definition) is 2. The average molecular weight is 350 g/mol. The van der Waals surface area contributed by atoms with Gasteiger partial charge in [-0.05, 0) is 66.8 Å². The molecule has 26 heavy (non-hydrogen) atoms. The third kappa shape index (κ3) is 3.59. The summed E-state index contributed by atoms with van der Waals surface area (Å²) in [6.45, 7) is 10.2. The van der Waals surface area contributed by atoms with Crippen LogP contribution in [0.3, 0.4) is 0 Å². The normalized spacial score (nSPS) is 11.2. The molecule has 0 saturated heterocycles. The summed E-state index contributed by atoms with van der Waals surface area (Å²) in [5, 5.41) is 4.10. The highest BCUT2D eigenvalue weighted by atomic mass is 16.5. The smallest absolute Gasteiger partial charge is 0.224 e. The minimum atomic E-state index is 0.0107. The number of aromatic amines is 1. The molecule has 2 aromatic carbocycles. The number of hydrogen-bond acceptors (Lipinski definition) is 2. The molecule has 3 rings (SSSR count). The molecule has 0 aliphatic rings. The molecule has 4 heteroatoms. The Bertz CT molecular complexity index is 931. The molecule has 4 nitrogen and oxygen atoms in total. The minimum Gasteiger partial charge on any atom is -0.457 e. The van der Waals surface area contributed by atoms with E-state index in [2.05, 4.69) is 42.5 Å². The molecule has 1 amide bonds. The van der Waals surface area contributed by atoms with Crippen LogP contribution in [0.2, 0.25) is 0 Å². The van der Waals surface area contributed by atoms with Crippen molar-refractivity contribution in [3.8, 4) is 11.5 Å². The van der Waals surface area contributed by atoms with E-state index in [4.69, 9.17) is 4.74 Å². The number of carbonyl (C=O) groups is 1. The molecule has 136 valence electrons. The van der Waals surface area contributed by atoms with Crippen LogP contribution < -0.4 is 10.1 Å². The molecule has 0 saturated carbocycles. The highest BCUT2D eigenvalue weighted by Crippen LogP contribution is 2.34. The van der Waals surface area contributed by atoms with Gasteiger partial charge in [-0.1, -0.05) is 20.8 Å². The third-order valence-corrected chi connectivity index (χ3v) is 4.59. The number of carbonyl (C=O) groups excluding carboxylic acids is 1. The first kappa shape index (κ1) is 18.1. The van der Waals surface area contributed by atoms with Crippen molar-refractivity contribution in [1.29, 1.82) is 0 Å². The van der Waals surface area contributed by atoms with Crippen LogP contribution in [0.15, 0.2) is 36.5 Å². The quantitative estimate of drug-likeness (QED) is 0.588. The SMILES string of the molecule is CCC(=O)Nc1cc(C)c(Oc2ccc3[nH]cc(C(C)C)c3c2)c(C)c1. The fourth-order valence-electron chi connectivity index (χ4n) is 3.21. The maximum atomic E-state index is 11.6. The number of rotatable bonds is 5. The van der Waals surface area contributed by atoms with Gasteiger partial charge >= 0.3 is 0 Å². The molecular formula is C22H26N2O2. The Morgan fingerprint density at radius 2 is 1.85 bits per heavy atom. The zero-order valence-electron chi connectivity index (χ0n) is 16.1. The summed E-state index contributed by atoms with van der Waals surface area (Å²) in [6.07, 6.45) is 2.53. The van der Waals surface area contributed by atoms with E-state index in [1.165, 1.54) is 10.9 Å². The van der Waals surface area contributed by atoms with Gasteiger partial charge in [0.1, 0.15) is 11.5 Å². The van der Waals surface area contributed by atoms with Crippen LogP contribution in [0, 0.1) is 13.8 Å². The van der Waals surface area contributed by atoms with E-state index >= 15 is 0 Å². The van der Waals surface area contributed by atoms with Crippen LogP contribution in [0.1, 0.15) is 49.8 Å². The van der Waals surface area contributed by atoms with Gasteiger partial charge in [-0.3, -0.25) is 4.79 Å². The van der Waals surface area contributed by atoms with Gasteiger partial charge in [0.15, 0.2) is 0 Å². The average Bonchev–Trinajstić information content (AvgIpc) is 3.01. The molecule has 0 bridgehead atoms. The molecule has 1 heterocycles. The first-order chi connectivity index (χ1) is 12.4. The maximum Gasteiger partial charge on any atom is 0.224 e.